The molecule has 45 heavy (non-hydrogen) atoms. The fourth-order valence-corrected chi connectivity index (χ4v) is 11.5. The van der Waals surface area contributed by atoms with Gasteiger partial charge in [0.15, 0.2) is 0 Å². The molecule has 2 aromatic rings. The van der Waals surface area contributed by atoms with Crippen LogP contribution < -0.4 is 10.5 Å². The molecule has 2 aliphatic heterocycles. The first-order valence-corrected chi connectivity index (χ1v) is 18.4. The average Bonchev–Trinajstić information content (AvgIpc) is 3.37. The van der Waals surface area contributed by atoms with E-state index >= 15 is 0 Å². The number of carbonyl (C=O) groups excluding carboxylic acids is 1. The van der Waals surface area contributed by atoms with Gasteiger partial charge in [-0.3, -0.25) is 4.79 Å². The first kappa shape index (κ1) is 29.8. The van der Waals surface area contributed by atoms with Crippen molar-refractivity contribution in [1.82, 2.24) is 0 Å². The van der Waals surface area contributed by atoms with Crippen molar-refractivity contribution >= 4 is 28.2 Å². The van der Waals surface area contributed by atoms with Gasteiger partial charge in [0.05, 0.1) is 5.71 Å². The molecule has 6 atom stereocenters. The lowest BCUT2D eigenvalue weighted by Crippen LogP contribution is -2.53. The highest BCUT2D eigenvalue weighted by molar-refractivity contribution is 5.92. The minimum atomic E-state index is -0.214. The highest BCUT2D eigenvalue weighted by atomic mass is 16.6. The quantitative estimate of drug-likeness (QED) is 0.179. The lowest BCUT2D eigenvalue weighted by atomic mass is 9.45. The van der Waals surface area contributed by atoms with Gasteiger partial charge in [-0.05, 0) is 143 Å². The maximum absolute atomic E-state index is 12.6. The van der Waals surface area contributed by atoms with E-state index in [-0.39, 0.29) is 11.0 Å². The van der Waals surface area contributed by atoms with Gasteiger partial charge in [0.1, 0.15) is 18.0 Å². The molecule has 6 nitrogen and oxygen atoms in total. The number of benzene rings is 1. The molecule has 4 aliphatic carbocycles. The zero-order chi connectivity index (χ0) is 30.8. The summed E-state index contributed by atoms with van der Waals surface area (Å²) in [7, 11) is 0. The summed E-state index contributed by atoms with van der Waals surface area (Å²) in [5.74, 6) is 3.40. The Kier molecular flexibility index (Phi) is 7.64. The Morgan fingerprint density at radius 1 is 0.933 bits per heavy atom. The summed E-state index contributed by atoms with van der Waals surface area (Å²) < 4.78 is 5.86. The van der Waals surface area contributed by atoms with Crippen molar-refractivity contribution in [3.05, 3.63) is 39.2 Å². The van der Waals surface area contributed by atoms with Crippen molar-refractivity contribution in [2.24, 2.45) is 39.7 Å². The highest BCUT2D eigenvalue weighted by Crippen LogP contribution is 2.65. The van der Waals surface area contributed by atoms with E-state index in [2.05, 4.69) is 24.8 Å². The van der Waals surface area contributed by atoms with Gasteiger partial charge < -0.3 is 14.2 Å². The van der Waals surface area contributed by atoms with Crippen LogP contribution in [0, 0.1) is 34.5 Å². The molecular weight excluding hydrogens is 560 g/mol. The summed E-state index contributed by atoms with van der Waals surface area (Å²) in [6.45, 7) is 7.91. The van der Waals surface area contributed by atoms with E-state index in [1.807, 2.05) is 0 Å². The number of hydrogen-bond donors (Lipinski definition) is 0. The molecule has 6 heteroatoms. The van der Waals surface area contributed by atoms with Gasteiger partial charge in [0.2, 0.25) is 0 Å². The van der Waals surface area contributed by atoms with Crippen molar-refractivity contribution in [3.8, 4) is 0 Å². The maximum atomic E-state index is 12.6. The number of aryl methyl sites for hydroxylation is 3. The SMILES string of the molecule is C[C@]12CCC(=O)C[C@@H]1CC[C@@H]1[C@@H]2CC[C@]2(C)/C(=N\OCCCCCc3cc(=O)oc4c5c6c(cc34)CCCN6CCC5)CC[C@@H]12. The summed E-state index contributed by atoms with van der Waals surface area (Å²) in [6.07, 6.45) is 18.6. The Morgan fingerprint density at radius 3 is 2.69 bits per heavy atom. The van der Waals surface area contributed by atoms with Gasteiger partial charge in [0, 0.05) is 54.0 Å². The molecule has 0 amide bonds. The first-order valence-electron chi connectivity index (χ1n) is 18.4. The van der Waals surface area contributed by atoms with Crippen LogP contribution in [-0.2, 0) is 28.9 Å². The molecule has 242 valence electrons. The zero-order valence-electron chi connectivity index (χ0n) is 27.6. The summed E-state index contributed by atoms with van der Waals surface area (Å²) in [5.41, 5.74) is 7.69. The molecule has 6 aliphatic rings. The summed E-state index contributed by atoms with van der Waals surface area (Å²) in [6, 6.07) is 4.06. The molecule has 0 bridgehead atoms. The molecule has 3 heterocycles. The third kappa shape index (κ3) is 4.99. The van der Waals surface area contributed by atoms with Crippen molar-refractivity contribution in [2.45, 2.75) is 123 Å². The third-order valence-electron chi connectivity index (χ3n) is 13.9. The zero-order valence-corrected chi connectivity index (χ0v) is 27.6. The summed E-state index contributed by atoms with van der Waals surface area (Å²) in [5, 5.41) is 5.98. The van der Waals surface area contributed by atoms with Gasteiger partial charge in [0.25, 0.3) is 0 Å². The topological polar surface area (TPSA) is 72.1 Å². The van der Waals surface area contributed by atoms with Gasteiger partial charge in [-0.25, -0.2) is 4.79 Å². The standard InChI is InChI=1S/C39H52N2O4/c1-38-17-15-28(42)24-27(38)11-12-29-32-13-14-34(39(32,2)18-16-33(29)38)40-44-21-5-3-4-8-25-23-35(43)45-37-30-10-7-20-41-19-6-9-26(36(30)41)22-31(25)37/h22-23,27,29,32-33H,3-21,24H2,1-2H3/b40-34-/t27-,29-,32-,33-,38-,39-/m0/s1. The van der Waals surface area contributed by atoms with Gasteiger partial charge in [-0.15, -0.1) is 0 Å². The highest BCUT2D eigenvalue weighted by Gasteiger charge is 2.59. The Balaban J connectivity index is 0.868. The lowest BCUT2D eigenvalue weighted by Gasteiger charge is -2.59. The second kappa shape index (κ2) is 11.6. The van der Waals surface area contributed by atoms with Crippen molar-refractivity contribution in [3.63, 3.8) is 0 Å². The molecule has 1 aromatic heterocycles. The van der Waals surface area contributed by atoms with Crippen molar-refractivity contribution < 1.29 is 14.0 Å². The van der Waals surface area contributed by atoms with E-state index in [1.54, 1.807) is 6.07 Å². The van der Waals surface area contributed by atoms with Crippen molar-refractivity contribution in [1.29, 1.82) is 0 Å². The average molecular weight is 613 g/mol. The number of oxime groups is 1. The molecule has 0 saturated heterocycles. The number of nitrogens with zero attached hydrogens (tertiary/aromatic N) is 2. The molecule has 0 unspecified atom stereocenters. The smallest absolute Gasteiger partial charge is 0.336 e. The Hall–Kier alpha value is -2.63. The number of hydrogen-bond acceptors (Lipinski definition) is 6. The number of carbonyl (C=O) groups is 1. The lowest BCUT2D eigenvalue weighted by molar-refractivity contribution is -0.136. The molecule has 0 radical (unpaired) electrons. The molecule has 0 spiro atoms. The molecular formula is C39H52N2O4. The van der Waals surface area contributed by atoms with Crippen molar-refractivity contribution in [2.75, 3.05) is 24.6 Å². The van der Waals surface area contributed by atoms with Crippen LogP contribution in [0.3, 0.4) is 0 Å². The number of unbranched alkanes of at least 4 members (excludes halogenated alkanes) is 2. The van der Waals surface area contributed by atoms with Crippen LogP contribution in [0.15, 0.2) is 26.5 Å². The van der Waals surface area contributed by atoms with Crippen LogP contribution in [-0.4, -0.2) is 31.2 Å². The number of Topliss-reactive ketones (excluding diaryl/α,β-unsaturated/α-hetero) is 1. The van der Waals surface area contributed by atoms with Gasteiger partial charge >= 0.3 is 5.63 Å². The monoisotopic (exact) mass is 612 g/mol. The number of fused-ring (bicyclic) bond motifs is 7. The Bertz CT molecular complexity index is 1570. The van der Waals surface area contributed by atoms with E-state index in [1.165, 1.54) is 61.1 Å². The maximum Gasteiger partial charge on any atom is 0.336 e. The molecule has 4 fully saturated rings. The van der Waals surface area contributed by atoms with Crippen LogP contribution in [0.2, 0.25) is 0 Å². The fraction of sp³-hybridized carbons (Fsp3) is 0.718. The van der Waals surface area contributed by atoms with E-state index in [9.17, 15) is 9.59 Å². The number of anilines is 1. The largest absolute Gasteiger partial charge is 0.422 e. The van der Waals surface area contributed by atoms with E-state index in [0.717, 1.165) is 118 Å². The minimum Gasteiger partial charge on any atom is -0.422 e. The van der Waals surface area contributed by atoms with E-state index < -0.39 is 0 Å². The Labute approximate surface area is 268 Å². The van der Waals surface area contributed by atoms with E-state index in [0.29, 0.717) is 23.7 Å². The van der Waals surface area contributed by atoms with Crippen LogP contribution in [0.5, 0.6) is 0 Å². The predicted molar refractivity (Wildman–Crippen MR) is 179 cm³/mol. The van der Waals surface area contributed by atoms with Gasteiger partial charge in [-0.1, -0.05) is 19.0 Å². The molecule has 1 aromatic carbocycles. The number of ketones is 1. The van der Waals surface area contributed by atoms with Crippen LogP contribution in [0.25, 0.3) is 11.0 Å². The van der Waals surface area contributed by atoms with E-state index in [4.69, 9.17) is 14.4 Å². The van der Waals surface area contributed by atoms with Crippen LogP contribution in [0.4, 0.5) is 5.69 Å². The summed E-state index contributed by atoms with van der Waals surface area (Å²) >= 11 is 0. The molecule has 0 N–H and O–H groups in total. The second-order valence-electron chi connectivity index (χ2n) is 16.1. The van der Waals surface area contributed by atoms with Crippen LogP contribution in [0.1, 0.15) is 120 Å². The minimum absolute atomic E-state index is 0.180. The number of rotatable bonds is 7. The molecule has 8 rings (SSSR count). The normalized spacial score (nSPS) is 34.8. The molecule has 4 saturated carbocycles. The third-order valence-corrected chi connectivity index (χ3v) is 13.9. The van der Waals surface area contributed by atoms with Gasteiger partial charge in [-0.2, -0.15) is 0 Å². The first-order chi connectivity index (χ1) is 21.8. The summed E-state index contributed by atoms with van der Waals surface area (Å²) in [4.78, 5) is 33.4. The second-order valence-corrected chi connectivity index (χ2v) is 16.1. The fourth-order valence-electron chi connectivity index (χ4n) is 11.5. The van der Waals surface area contributed by atoms with Crippen LogP contribution >= 0.6 is 0 Å². The predicted octanol–water partition coefficient (Wildman–Crippen LogP) is 8.19. The Morgan fingerprint density at radius 2 is 1.80 bits per heavy atom.